The molecule has 0 unspecified atom stereocenters. The first-order chi connectivity index (χ1) is 14.4. The summed E-state index contributed by atoms with van der Waals surface area (Å²) in [5, 5.41) is 0. The van der Waals surface area contributed by atoms with Crippen molar-refractivity contribution in [1.82, 2.24) is 4.90 Å². The lowest BCUT2D eigenvalue weighted by atomic mass is 9.83. The molecule has 2 N–H and O–H groups in total. The fourth-order valence-electron chi connectivity index (χ4n) is 4.06. The Labute approximate surface area is 175 Å². The molecule has 0 radical (unpaired) electrons. The van der Waals surface area contributed by atoms with Crippen LogP contribution in [0.3, 0.4) is 0 Å². The lowest BCUT2D eigenvalue weighted by molar-refractivity contribution is -0.147. The van der Waals surface area contributed by atoms with E-state index in [2.05, 4.69) is 11.6 Å². The second-order valence-corrected chi connectivity index (χ2v) is 7.84. The average Bonchev–Trinajstić information content (AvgIpc) is 2.95. The molecule has 0 saturated carbocycles. The van der Waals surface area contributed by atoms with Crippen LogP contribution in [0.5, 0.6) is 0 Å². The van der Waals surface area contributed by atoms with Gasteiger partial charge in [0, 0.05) is 31.5 Å². The molecule has 2 fully saturated rings. The predicted octanol–water partition coefficient (Wildman–Crippen LogP) is 2.38. The molecule has 4 rings (SSSR count). The third-order valence-electron chi connectivity index (χ3n) is 5.90. The largest absolute Gasteiger partial charge is 0.460 e. The first kappa shape index (κ1) is 19.9. The molecule has 3 heterocycles. The molecule has 156 valence electrons. The zero-order valence-corrected chi connectivity index (χ0v) is 17.0. The van der Waals surface area contributed by atoms with E-state index in [0.29, 0.717) is 49.7 Å². The zero-order valence-electron chi connectivity index (χ0n) is 17.0. The topological polar surface area (TPSA) is 94.2 Å². The van der Waals surface area contributed by atoms with E-state index < -0.39 is 5.60 Å². The summed E-state index contributed by atoms with van der Waals surface area (Å²) in [4.78, 5) is 30.9. The molecular weight excluding hydrogens is 382 g/mol. The summed E-state index contributed by atoms with van der Waals surface area (Å²) in [7, 11) is 0. The van der Waals surface area contributed by atoms with Crippen LogP contribution in [0.15, 0.2) is 64.8 Å². The number of carbonyl (C=O) groups excluding carboxylic acids is 2. The molecule has 0 aliphatic carbocycles. The number of ether oxygens (including phenoxy) is 2. The van der Waals surface area contributed by atoms with Gasteiger partial charge in [0.25, 0.3) is 11.9 Å². The van der Waals surface area contributed by atoms with Crippen molar-refractivity contribution in [3.8, 4) is 0 Å². The Morgan fingerprint density at radius 3 is 2.63 bits per heavy atom. The molecule has 1 aromatic carbocycles. The standard InChI is InChI=1S/C23H25N3O4/c1-15(13-24)11-19-16(2)23(30-21(19)28)7-9-26(10-8-23)22-25-20(27)12-17-5-3-4-6-18(17)14-29-22/h3-6,11,13H,2,7-10,12,14,24H2,1H3/b15-13-,19-11+,25-22?. The number of amides is 1. The van der Waals surface area contributed by atoms with Crippen LogP contribution in [-0.2, 0) is 32.1 Å². The van der Waals surface area contributed by atoms with Crippen molar-refractivity contribution in [2.24, 2.45) is 10.7 Å². The van der Waals surface area contributed by atoms with Gasteiger partial charge in [-0.05, 0) is 35.9 Å². The molecule has 1 spiro atoms. The number of allylic oxidation sites excluding steroid dienone is 2. The molecule has 1 amide bonds. The Morgan fingerprint density at radius 2 is 1.93 bits per heavy atom. The molecule has 7 nitrogen and oxygen atoms in total. The van der Waals surface area contributed by atoms with Gasteiger partial charge in [0.2, 0.25) is 0 Å². The second kappa shape index (κ2) is 7.82. The minimum atomic E-state index is -0.729. The zero-order chi connectivity index (χ0) is 21.3. The van der Waals surface area contributed by atoms with Gasteiger partial charge in [-0.15, -0.1) is 0 Å². The minimum absolute atomic E-state index is 0.233. The van der Waals surface area contributed by atoms with Gasteiger partial charge in [-0.1, -0.05) is 30.8 Å². The summed E-state index contributed by atoms with van der Waals surface area (Å²) in [6.07, 6.45) is 4.52. The Morgan fingerprint density at radius 1 is 1.23 bits per heavy atom. The summed E-state index contributed by atoms with van der Waals surface area (Å²) in [6.45, 7) is 7.40. The van der Waals surface area contributed by atoms with E-state index in [1.54, 1.807) is 6.08 Å². The van der Waals surface area contributed by atoms with Gasteiger partial charge in [0.1, 0.15) is 12.2 Å². The Hall–Kier alpha value is -3.35. The maximum Gasteiger partial charge on any atom is 0.339 e. The van der Waals surface area contributed by atoms with E-state index in [9.17, 15) is 9.59 Å². The first-order valence-corrected chi connectivity index (χ1v) is 10.0. The number of amidine groups is 1. The van der Waals surface area contributed by atoms with Gasteiger partial charge in [0.15, 0.2) is 0 Å². The first-order valence-electron chi connectivity index (χ1n) is 10.0. The highest BCUT2D eigenvalue weighted by atomic mass is 16.6. The van der Waals surface area contributed by atoms with Gasteiger partial charge in [-0.3, -0.25) is 4.79 Å². The summed E-state index contributed by atoms with van der Waals surface area (Å²) < 4.78 is 11.7. The number of hydrogen-bond acceptors (Lipinski definition) is 6. The number of likely N-dealkylation sites (tertiary alicyclic amines) is 1. The van der Waals surface area contributed by atoms with Gasteiger partial charge in [-0.2, -0.15) is 4.99 Å². The van der Waals surface area contributed by atoms with Crippen molar-refractivity contribution in [3.63, 3.8) is 0 Å². The third kappa shape index (κ3) is 3.63. The molecule has 1 aromatic rings. The summed E-state index contributed by atoms with van der Waals surface area (Å²) in [5.41, 5.74) is 8.65. The third-order valence-corrected chi connectivity index (χ3v) is 5.90. The van der Waals surface area contributed by atoms with E-state index in [-0.39, 0.29) is 18.3 Å². The van der Waals surface area contributed by atoms with Gasteiger partial charge in [-0.25, -0.2) is 4.79 Å². The lowest BCUT2D eigenvalue weighted by Gasteiger charge is -2.39. The Balaban J connectivity index is 1.48. The maximum atomic E-state index is 12.4. The highest BCUT2D eigenvalue weighted by Crippen LogP contribution is 2.43. The predicted molar refractivity (Wildman–Crippen MR) is 112 cm³/mol. The van der Waals surface area contributed by atoms with Crippen molar-refractivity contribution >= 4 is 17.9 Å². The van der Waals surface area contributed by atoms with Crippen LogP contribution in [0.25, 0.3) is 0 Å². The van der Waals surface area contributed by atoms with Crippen LogP contribution in [0, 0.1) is 0 Å². The molecule has 0 bridgehead atoms. The number of nitrogens with two attached hydrogens (primary N) is 1. The van der Waals surface area contributed by atoms with E-state index in [4.69, 9.17) is 15.2 Å². The van der Waals surface area contributed by atoms with Crippen molar-refractivity contribution < 1.29 is 19.1 Å². The second-order valence-electron chi connectivity index (χ2n) is 7.84. The molecule has 2 saturated heterocycles. The normalized spacial score (nSPS) is 22.9. The van der Waals surface area contributed by atoms with Crippen molar-refractivity contribution in [3.05, 3.63) is 71.0 Å². The number of hydrogen-bond donors (Lipinski definition) is 1. The number of rotatable bonds is 1. The highest BCUT2D eigenvalue weighted by molar-refractivity contribution is 5.98. The Bertz CT molecular complexity index is 997. The van der Waals surface area contributed by atoms with Gasteiger partial charge in [0.05, 0.1) is 12.0 Å². The van der Waals surface area contributed by atoms with Crippen LogP contribution in [0.4, 0.5) is 0 Å². The highest BCUT2D eigenvalue weighted by Gasteiger charge is 2.49. The van der Waals surface area contributed by atoms with E-state index >= 15 is 0 Å². The van der Waals surface area contributed by atoms with E-state index in [0.717, 1.165) is 16.7 Å². The van der Waals surface area contributed by atoms with Crippen LogP contribution >= 0.6 is 0 Å². The van der Waals surface area contributed by atoms with Crippen LogP contribution in [0.2, 0.25) is 0 Å². The van der Waals surface area contributed by atoms with Gasteiger partial charge >= 0.3 is 5.97 Å². The number of benzene rings is 1. The summed E-state index contributed by atoms with van der Waals surface area (Å²) in [5.74, 6) is -0.607. The molecule has 30 heavy (non-hydrogen) atoms. The van der Waals surface area contributed by atoms with Crippen molar-refractivity contribution in [2.75, 3.05) is 13.1 Å². The molecule has 7 heteroatoms. The molecule has 3 aliphatic rings. The van der Waals surface area contributed by atoms with Crippen LogP contribution in [-0.4, -0.2) is 41.5 Å². The summed E-state index contributed by atoms with van der Waals surface area (Å²) in [6, 6.07) is 8.06. The maximum absolute atomic E-state index is 12.4. The van der Waals surface area contributed by atoms with E-state index in [1.165, 1.54) is 6.20 Å². The number of fused-ring (bicyclic) bond motifs is 1. The van der Waals surface area contributed by atoms with Crippen LogP contribution < -0.4 is 5.73 Å². The van der Waals surface area contributed by atoms with Crippen molar-refractivity contribution in [1.29, 1.82) is 0 Å². The van der Waals surface area contributed by atoms with E-state index in [1.807, 2.05) is 36.1 Å². The quantitative estimate of drug-likeness (QED) is 0.567. The molecule has 0 aromatic heterocycles. The fourth-order valence-corrected chi connectivity index (χ4v) is 4.06. The molecule has 0 atom stereocenters. The number of esters is 1. The smallest absolute Gasteiger partial charge is 0.339 e. The lowest BCUT2D eigenvalue weighted by Crippen LogP contribution is -2.48. The number of nitrogens with zero attached hydrogens (tertiary/aromatic N) is 2. The number of piperidine rings is 1. The Kier molecular flexibility index (Phi) is 5.20. The number of carbonyl (C=O) groups is 2. The van der Waals surface area contributed by atoms with Crippen LogP contribution in [0.1, 0.15) is 30.9 Å². The fraction of sp³-hybridized carbons (Fsp3) is 0.348. The molecular formula is C23H25N3O4. The minimum Gasteiger partial charge on any atom is -0.460 e. The summed E-state index contributed by atoms with van der Waals surface area (Å²) >= 11 is 0. The number of aliphatic imine (C=N–C) groups is 1. The van der Waals surface area contributed by atoms with Crippen molar-refractivity contribution in [2.45, 2.75) is 38.4 Å². The SMILES string of the molecule is C=C1/C(=C\C(C)=C/N)C(=O)OC12CCN(C1=NC(=O)Cc3ccccc3CO1)CC2. The van der Waals surface area contributed by atoms with Gasteiger partial charge < -0.3 is 20.1 Å². The average molecular weight is 407 g/mol. The monoisotopic (exact) mass is 407 g/mol. The molecule has 3 aliphatic heterocycles.